The highest BCUT2D eigenvalue weighted by molar-refractivity contribution is 9.10. The van der Waals surface area contributed by atoms with Crippen molar-refractivity contribution in [1.82, 2.24) is 0 Å². The molecule has 16 heavy (non-hydrogen) atoms. The van der Waals surface area contributed by atoms with Crippen LogP contribution in [0.3, 0.4) is 0 Å². The van der Waals surface area contributed by atoms with Crippen LogP contribution in [0.15, 0.2) is 22.7 Å². The Hall–Kier alpha value is -1.07. The molecule has 86 valence electrons. The van der Waals surface area contributed by atoms with Gasteiger partial charge >= 0.3 is 5.97 Å². The number of carbonyl (C=O) groups excluding carboxylic acids is 1. The van der Waals surface area contributed by atoms with Gasteiger partial charge in [-0.05, 0) is 33.6 Å². The molecule has 1 aromatic carbocycles. The molecule has 1 saturated heterocycles. The second-order valence-corrected chi connectivity index (χ2v) is 4.52. The van der Waals surface area contributed by atoms with Gasteiger partial charge in [-0.15, -0.1) is 0 Å². The van der Waals surface area contributed by atoms with Crippen molar-refractivity contribution in [2.45, 2.75) is 18.6 Å². The van der Waals surface area contributed by atoms with E-state index in [1.165, 1.54) is 0 Å². The van der Waals surface area contributed by atoms with Crippen molar-refractivity contribution >= 4 is 21.9 Å². The Morgan fingerprint density at radius 1 is 1.56 bits per heavy atom. The van der Waals surface area contributed by atoms with Crippen molar-refractivity contribution in [3.05, 3.63) is 28.2 Å². The fourth-order valence-corrected chi connectivity index (χ4v) is 2.25. The smallest absolute Gasteiger partial charge is 0.323 e. The molecule has 0 aliphatic carbocycles. The van der Waals surface area contributed by atoms with E-state index in [2.05, 4.69) is 15.9 Å². The van der Waals surface area contributed by atoms with Crippen LogP contribution in [-0.4, -0.2) is 19.1 Å². The van der Waals surface area contributed by atoms with E-state index in [1.54, 1.807) is 7.11 Å². The lowest BCUT2D eigenvalue weighted by Crippen LogP contribution is -2.24. The minimum atomic E-state index is -0.508. The SMILES string of the molecule is COc1ccc(C2CC(N)C(=O)O2)cc1Br. The molecular weight excluding hydrogens is 274 g/mol. The van der Waals surface area contributed by atoms with Crippen LogP contribution in [-0.2, 0) is 9.53 Å². The molecule has 1 aliphatic heterocycles. The van der Waals surface area contributed by atoms with Gasteiger partial charge in [-0.3, -0.25) is 4.79 Å². The summed E-state index contributed by atoms with van der Waals surface area (Å²) in [5.41, 5.74) is 6.51. The standard InChI is InChI=1S/C11H12BrNO3/c1-15-9-3-2-6(4-7(9)12)10-5-8(13)11(14)16-10/h2-4,8,10H,5,13H2,1H3. The molecule has 0 saturated carbocycles. The molecule has 0 aromatic heterocycles. The third kappa shape index (κ3) is 2.05. The van der Waals surface area contributed by atoms with Gasteiger partial charge in [-0.1, -0.05) is 6.07 Å². The number of methoxy groups -OCH3 is 1. The molecule has 2 unspecified atom stereocenters. The Balaban J connectivity index is 2.22. The van der Waals surface area contributed by atoms with Gasteiger partial charge in [0.1, 0.15) is 17.9 Å². The molecule has 1 aromatic rings. The summed E-state index contributed by atoms with van der Waals surface area (Å²) < 4.78 is 11.1. The minimum Gasteiger partial charge on any atom is -0.496 e. The Kier molecular flexibility index (Phi) is 3.16. The van der Waals surface area contributed by atoms with E-state index >= 15 is 0 Å². The van der Waals surface area contributed by atoms with Gasteiger partial charge in [0.2, 0.25) is 0 Å². The number of nitrogens with two attached hydrogens (primary N) is 1. The summed E-state index contributed by atoms with van der Waals surface area (Å²) in [6.07, 6.45) is 0.280. The monoisotopic (exact) mass is 285 g/mol. The van der Waals surface area contributed by atoms with Crippen molar-refractivity contribution in [3.63, 3.8) is 0 Å². The Morgan fingerprint density at radius 3 is 2.81 bits per heavy atom. The molecule has 2 N–H and O–H groups in total. The molecule has 5 heteroatoms. The topological polar surface area (TPSA) is 61.5 Å². The summed E-state index contributed by atoms with van der Waals surface area (Å²) in [4.78, 5) is 11.2. The Bertz CT molecular complexity index is 422. The van der Waals surface area contributed by atoms with Crippen LogP contribution >= 0.6 is 15.9 Å². The van der Waals surface area contributed by atoms with Crippen LogP contribution < -0.4 is 10.5 Å². The molecule has 1 heterocycles. The van der Waals surface area contributed by atoms with Gasteiger partial charge < -0.3 is 15.2 Å². The van der Waals surface area contributed by atoms with Crippen LogP contribution in [0.4, 0.5) is 0 Å². The van der Waals surface area contributed by atoms with Crippen LogP contribution in [0.1, 0.15) is 18.1 Å². The lowest BCUT2D eigenvalue weighted by molar-refractivity contribution is -0.142. The maximum Gasteiger partial charge on any atom is 0.323 e. The maximum atomic E-state index is 11.2. The molecule has 1 aliphatic rings. The second kappa shape index (κ2) is 4.43. The predicted molar refractivity (Wildman–Crippen MR) is 62.1 cm³/mol. The van der Waals surface area contributed by atoms with Crippen LogP contribution in [0.5, 0.6) is 5.75 Å². The Morgan fingerprint density at radius 2 is 2.31 bits per heavy atom. The average molecular weight is 286 g/mol. The fourth-order valence-electron chi connectivity index (χ4n) is 1.69. The summed E-state index contributed by atoms with van der Waals surface area (Å²) in [5.74, 6) is 0.411. The maximum absolute atomic E-state index is 11.2. The number of hydrogen-bond donors (Lipinski definition) is 1. The number of rotatable bonds is 2. The van der Waals surface area contributed by atoms with E-state index in [1.807, 2.05) is 18.2 Å². The molecule has 0 spiro atoms. The van der Waals surface area contributed by atoms with Crippen molar-refractivity contribution < 1.29 is 14.3 Å². The summed E-state index contributed by atoms with van der Waals surface area (Å²) in [6, 6.07) is 5.08. The zero-order valence-corrected chi connectivity index (χ0v) is 10.4. The summed E-state index contributed by atoms with van der Waals surface area (Å²) in [6.45, 7) is 0. The van der Waals surface area contributed by atoms with Crippen LogP contribution in [0.25, 0.3) is 0 Å². The van der Waals surface area contributed by atoms with Gasteiger partial charge in [-0.2, -0.15) is 0 Å². The van der Waals surface area contributed by atoms with Crippen molar-refractivity contribution in [2.75, 3.05) is 7.11 Å². The van der Waals surface area contributed by atoms with Crippen LogP contribution in [0, 0.1) is 0 Å². The number of ether oxygens (including phenoxy) is 2. The number of carbonyl (C=O) groups is 1. The zero-order chi connectivity index (χ0) is 11.7. The number of esters is 1. The number of cyclic esters (lactones) is 1. The van der Waals surface area contributed by atoms with E-state index in [9.17, 15) is 4.79 Å². The van der Waals surface area contributed by atoms with Gasteiger partial charge in [0.05, 0.1) is 11.6 Å². The highest BCUT2D eigenvalue weighted by Gasteiger charge is 2.32. The van der Waals surface area contributed by atoms with E-state index in [4.69, 9.17) is 15.2 Å². The summed E-state index contributed by atoms with van der Waals surface area (Å²) >= 11 is 3.39. The van der Waals surface area contributed by atoms with E-state index < -0.39 is 6.04 Å². The molecular formula is C11H12BrNO3. The summed E-state index contributed by atoms with van der Waals surface area (Å²) in [5, 5.41) is 0. The molecule has 0 bridgehead atoms. The molecule has 1 fully saturated rings. The molecule has 4 nitrogen and oxygen atoms in total. The molecule has 2 atom stereocenters. The van der Waals surface area contributed by atoms with Crippen LogP contribution in [0.2, 0.25) is 0 Å². The third-order valence-electron chi connectivity index (χ3n) is 2.58. The first kappa shape index (κ1) is 11.4. The van der Waals surface area contributed by atoms with Gasteiger partial charge in [0, 0.05) is 6.42 Å². The predicted octanol–water partition coefficient (Wildman–Crippen LogP) is 1.77. The second-order valence-electron chi connectivity index (χ2n) is 3.66. The third-order valence-corrected chi connectivity index (χ3v) is 3.20. The normalized spacial score (nSPS) is 24.3. The van der Waals surface area contributed by atoms with E-state index in [-0.39, 0.29) is 12.1 Å². The number of halogens is 1. The van der Waals surface area contributed by atoms with E-state index in [0.717, 1.165) is 15.8 Å². The number of hydrogen-bond acceptors (Lipinski definition) is 4. The van der Waals surface area contributed by atoms with Gasteiger partial charge in [0.25, 0.3) is 0 Å². The quantitative estimate of drug-likeness (QED) is 0.842. The van der Waals surface area contributed by atoms with Gasteiger partial charge in [0.15, 0.2) is 0 Å². The lowest BCUT2D eigenvalue weighted by Gasteiger charge is -2.11. The average Bonchev–Trinajstić information content (AvgIpc) is 2.59. The van der Waals surface area contributed by atoms with E-state index in [0.29, 0.717) is 6.42 Å². The number of benzene rings is 1. The molecule has 2 rings (SSSR count). The Labute approximate surface area is 102 Å². The van der Waals surface area contributed by atoms with Crippen molar-refractivity contribution in [2.24, 2.45) is 5.73 Å². The highest BCUT2D eigenvalue weighted by atomic mass is 79.9. The van der Waals surface area contributed by atoms with Gasteiger partial charge in [-0.25, -0.2) is 0 Å². The first-order chi connectivity index (χ1) is 7.61. The first-order valence-corrected chi connectivity index (χ1v) is 5.70. The zero-order valence-electron chi connectivity index (χ0n) is 8.77. The first-order valence-electron chi connectivity index (χ1n) is 4.91. The highest BCUT2D eigenvalue weighted by Crippen LogP contribution is 2.33. The lowest BCUT2D eigenvalue weighted by atomic mass is 10.1. The molecule has 0 amide bonds. The van der Waals surface area contributed by atoms with Crippen molar-refractivity contribution in [3.8, 4) is 5.75 Å². The fraction of sp³-hybridized carbons (Fsp3) is 0.364. The van der Waals surface area contributed by atoms with Crippen molar-refractivity contribution in [1.29, 1.82) is 0 Å². The summed E-state index contributed by atoms with van der Waals surface area (Å²) in [7, 11) is 1.60. The minimum absolute atomic E-state index is 0.246. The largest absolute Gasteiger partial charge is 0.496 e. The molecule has 0 radical (unpaired) electrons.